The van der Waals surface area contributed by atoms with Gasteiger partial charge >= 0.3 is 0 Å². The summed E-state index contributed by atoms with van der Waals surface area (Å²) in [5, 5.41) is 0. The molecule has 2 aliphatic carbocycles. The van der Waals surface area contributed by atoms with E-state index in [2.05, 4.69) is 68.4 Å². The normalized spacial score (nSPS) is 28.2. The van der Waals surface area contributed by atoms with E-state index >= 15 is 0 Å². The topological polar surface area (TPSA) is 0 Å². The summed E-state index contributed by atoms with van der Waals surface area (Å²) in [6, 6.07) is 21.0. The zero-order chi connectivity index (χ0) is 20.8. The van der Waals surface area contributed by atoms with Crippen molar-refractivity contribution < 1.29 is 0 Å². The van der Waals surface area contributed by atoms with Gasteiger partial charge in [-0.25, -0.2) is 0 Å². The maximum absolute atomic E-state index is 2.48. The lowest BCUT2D eigenvalue weighted by molar-refractivity contribution is 0.297. The molecule has 0 aromatic heterocycles. The highest BCUT2D eigenvalue weighted by atomic mass is 14.3. The molecule has 2 fully saturated rings. The first-order chi connectivity index (χ1) is 14.7. The minimum absolute atomic E-state index is 0.694. The van der Waals surface area contributed by atoms with E-state index in [4.69, 9.17) is 0 Å². The van der Waals surface area contributed by atoms with E-state index in [9.17, 15) is 0 Å². The average molecular weight is 403 g/mol. The number of hydrogen-bond acceptors (Lipinski definition) is 0. The van der Waals surface area contributed by atoms with Crippen molar-refractivity contribution in [2.45, 2.75) is 102 Å². The van der Waals surface area contributed by atoms with Gasteiger partial charge in [0, 0.05) is 0 Å². The van der Waals surface area contributed by atoms with Crippen LogP contribution in [0.15, 0.2) is 54.6 Å². The van der Waals surface area contributed by atoms with Crippen molar-refractivity contribution in [3.63, 3.8) is 0 Å². The maximum Gasteiger partial charge on any atom is -0.0162 e. The first-order valence-corrected chi connectivity index (χ1v) is 12.9. The average Bonchev–Trinajstić information content (AvgIpc) is 2.81. The molecule has 2 saturated carbocycles. The molecule has 1 atom stereocenters. The highest BCUT2D eigenvalue weighted by Gasteiger charge is 2.25. The summed E-state index contributed by atoms with van der Waals surface area (Å²) >= 11 is 0. The van der Waals surface area contributed by atoms with E-state index in [1.54, 1.807) is 11.1 Å². The van der Waals surface area contributed by atoms with Gasteiger partial charge in [0.1, 0.15) is 0 Å². The highest BCUT2D eigenvalue weighted by Crippen LogP contribution is 2.41. The summed E-state index contributed by atoms with van der Waals surface area (Å²) in [5.41, 5.74) is 4.73. The van der Waals surface area contributed by atoms with Gasteiger partial charge in [-0.3, -0.25) is 0 Å². The van der Waals surface area contributed by atoms with Gasteiger partial charge in [0.05, 0.1) is 0 Å². The molecule has 0 nitrogen and oxygen atoms in total. The van der Waals surface area contributed by atoms with E-state index in [-0.39, 0.29) is 0 Å². The molecule has 0 bridgehead atoms. The maximum atomic E-state index is 2.48. The van der Waals surface area contributed by atoms with E-state index in [0.29, 0.717) is 5.92 Å². The quantitative estimate of drug-likeness (QED) is 0.433. The Hall–Kier alpha value is -1.56. The minimum atomic E-state index is 0.694. The lowest BCUT2D eigenvalue weighted by Gasteiger charge is -2.31. The minimum Gasteiger partial charge on any atom is -0.0654 e. The van der Waals surface area contributed by atoms with Crippen molar-refractivity contribution in [2.75, 3.05) is 0 Å². The molecule has 30 heavy (non-hydrogen) atoms. The Morgan fingerprint density at radius 1 is 0.667 bits per heavy atom. The molecule has 0 heterocycles. The van der Waals surface area contributed by atoms with Crippen molar-refractivity contribution in [1.82, 2.24) is 0 Å². The van der Waals surface area contributed by atoms with Gasteiger partial charge in [0.15, 0.2) is 0 Å². The van der Waals surface area contributed by atoms with Gasteiger partial charge in [-0.2, -0.15) is 0 Å². The lowest BCUT2D eigenvalue weighted by atomic mass is 9.74. The first-order valence-electron chi connectivity index (χ1n) is 12.9. The third-order valence-corrected chi connectivity index (χ3v) is 8.33. The second-order valence-corrected chi connectivity index (χ2v) is 10.4. The fraction of sp³-hybridized carbons (Fsp3) is 0.600. The second-order valence-electron chi connectivity index (χ2n) is 10.4. The highest BCUT2D eigenvalue weighted by molar-refractivity contribution is 5.28. The fourth-order valence-electron chi connectivity index (χ4n) is 6.38. The van der Waals surface area contributed by atoms with Crippen LogP contribution in [0.25, 0.3) is 0 Å². The fourth-order valence-corrected chi connectivity index (χ4v) is 6.38. The van der Waals surface area contributed by atoms with Crippen LogP contribution >= 0.6 is 0 Å². The summed E-state index contributed by atoms with van der Waals surface area (Å²) in [7, 11) is 0. The molecule has 0 aliphatic heterocycles. The van der Waals surface area contributed by atoms with Gasteiger partial charge in [-0.1, -0.05) is 81.3 Å². The van der Waals surface area contributed by atoms with Crippen molar-refractivity contribution in [1.29, 1.82) is 0 Å². The molecule has 0 saturated heterocycles. The van der Waals surface area contributed by atoms with E-state index < -0.39 is 0 Å². The van der Waals surface area contributed by atoms with E-state index in [1.165, 1.54) is 76.2 Å². The van der Waals surface area contributed by atoms with E-state index in [1.807, 2.05) is 0 Å². The zero-order valence-electron chi connectivity index (χ0n) is 19.4. The van der Waals surface area contributed by atoms with Gasteiger partial charge in [-0.05, 0) is 104 Å². The summed E-state index contributed by atoms with van der Waals surface area (Å²) < 4.78 is 0. The molecule has 4 rings (SSSR count). The molecule has 0 radical (unpaired) electrons. The molecule has 0 N–H and O–H groups in total. The second kappa shape index (κ2) is 10.7. The molecular weight excluding hydrogens is 360 g/mol. The molecule has 0 amide bonds. The summed E-state index contributed by atoms with van der Waals surface area (Å²) in [6.07, 6.45) is 15.5. The Morgan fingerprint density at radius 2 is 1.17 bits per heavy atom. The third-order valence-electron chi connectivity index (χ3n) is 8.33. The van der Waals surface area contributed by atoms with Crippen LogP contribution in [0.2, 0.25) is 0 Å². The SMILES string of the molecule is CCCC1CCC(c2ccc(C3CCC(C[C@H](C)c4ccccc4)CC3)cc2)CC1. The molecule has 2 aliphatic rings. The molecule has 2 aromatic rings. The van der Waals surface area contributed by atoms with Crippen molar-refractivity contribution in [3.05, 3.63) is 71.3 Å². The summed E-state index contributed by atoms with van der Waals surface area (Å²) in [4.78, 5) is 0. The molecular formula is C30H42. The first kappa shape index (κ1) is 21.7. The molecule has 0 unspecified atom stereocenters. The number of benzene rings is 2. The van der Waals surface area contributed by atoms with Crippen LogP contribution in [0.3, 0.4) is 0 Å². The Balaban J connectivity index is 1.25. The van der Waals surface area contributed by atoms with Gasteiger partial charge in [0.2, 0.25) is 0 Å². The van der Waals surface area contributed by atoms with Crippen molar-refractivity contribution in [3.8, 4) is 0 Å². The Kier molecular flexibility index (Phi) is 7.69. The van der Waals surface area contributed by atoms with Crippen LogP contribution in [0.1, 0.15) is 119 Å². The Bertz CT molecular complexity index is 727. The predicted octanol–water partition coefficient (Wildman–Crippen LogP) is 9.23. The van der Waals surface area contributed by atoms with Crippen molar-refractivity contribution in [2.24, 2.45) is 11.8 Å². The monoisotopic (exact) mass is 402 g/mol. The van der Waals surface area contributed by atoms with Gasteiger partial charge in [0.25, 0.3) is 0 Å². The Labute approximate surface area is 185 Å². The predicted molar refractivity (Wildman–Crippen MR) is 130 cm³/mol. The summed E-state index contributed by atoms with van der Waals surface area (Å²) in [6.45, 7) is 4.75. The van der Waals surface area contributed by atoms with Crippen LogP contribution in [0, 0.1) is 11.8 Å². The Morgan fingerprint density at radius 3 is 1.67 bits per heavy atom. The van der Waals surface area contributed by atoms with Crippen LogP contribution < -0.4 is 0 Å². The van der Waals surface area contributed by atoms with Crippen LogP contribution in [0.4, 0.5) is 0 Å². The molecule has 162 valence electrons. The smallest absolute Gasteiger partial charge is 0.0162 e. The molecule has 0 heteroatoms. The van der Waals surface area contributed by atoms with Crippen LogP contribution in [-0.4, -0.2) is 0 Å². The van der Waals surface area contributed by atoms with Gasteiger partial charge in [-0.15, -0.1) is 0 Å². The molecule has 0 spiro atoms. The summed E-state index contributed by atoms with van der Waals surface area (Å²) in [5.74, 6) is 4.23. The van der Waals surface area contributed by atoms with Gasteiger partial charge < -0.3 is 0 Å². The van der Waals surface area contributed by atoms with E-state index in [0.717, 1.165) is 23.7 Å². The van der Waals surface area contributed by atoms with Crippen LogP contribution in [-0.2, 0) is 0 Å². The largest absolute Gasteiger partial charge is 0.0654 e. The zero-order valence-corrected chi connectivity index (χ0v) is 19.4. The number of hydrogen-bond donors (Lipinski definition) is 0. The lowest BCUT2D eigenvalue weighted by Crippen LogP contribution is -2.16. The molecule has 2 aromatic carbocycles. The van der Waals surface area contributed by atoms with Crippen molar-refractivity contribution >= 4 is 0 Å². The third kappa shape index (κ3) is 5.57. The number of rotatable bonds is 7. The van der Waals surface area contributed by atoms with Crippen LogP contribution in [0.5, 0.6) is 0 Å². The standard InChI is InChI=1S/C30H42/c1-3-7-24-10-14-27(15-11-24)29-18-20-30(21-19-29)28-16-12-25(13-17-28)22-23(2)26-8-5-4-6-9-26/h4-6,8-9,18-21,23-25,27-28H,3,7,10-17,22H2,1-2H3/t23-,24?,25?,27?,28?/m0/s1.